The van der Waals surface area contributed by atoms with E-state index in [9.17, 15) is 18.3 Å². The number of benzene rings is 1. The van der Waals surface area contributed by atoms with Crippen molar-refractivity contribution in [3.8, 4) is 0 Å². The molecule has 1 aromatic carbocycles. The van der Waals surface area contributed by atoms with Crippen LogP contribution >= 0.6 is 0 Å². The number of fused-ring (bicyclic) bond motifs is 1. The highest BCUT2D eigenvalue weighted by atomic mass is 28.3. The number of aromatic nitrogens is 2. The third-order valence-corrected chi connectivity index (χ3v) is 5.22. The first-order valence-corrected chi connectivity index (χ1v) is 11.1. The predicted molar refractivity (Wildman–Crippen MR) is 84.8 cm³/mol. The van der Waals surface area contributed by atoms with Crippen molar-refractivity contribution < 1.29 is 23.0 Å². The number of hydrogen-bond acceptors (Lipinski definition) is 3. The molecule has 1 aromatic heterocycles. The number of aliphatic hydroxyl groups is 1. The van der Waals surface area contributed by atoms with E-state index in [-0.39, 0.29) is 12.3 Å². The first kappa shape index (κ1) is 18.0. The average molecular weight is 346 g/mol. The summed E-state index contributed by atoms with van der Waals surface area (Å²) in [4.78, 5) is 0. The molecule has 0 saturated carbocycles. The molecule has 2 aromatic rings. The summed E-state index contributed by atoms with van der Waals surface area (Å²) >= 11 is 0. The minimum Gasteiger partial charge on any atom is -0.392 e. The first-order chi connectivity index (χ1) is 10.6. The molecule has 8 heteroatoms. The Hall–Kier alpha value is -1.38. The summed E-state index contributed by atoms with van der Waals surface area (Å²) in [7, 11) is -1.20. The van der Waals surface area contributed by atoms with Gasteiger partial charge in [0.05, 0.1) is 23.9 Å². The molecule has 129 valence electrons. The molecule has 0 aliphatic carbocycles. The second-order valence-corrected chi connectivity index (χ2v) is 12.3. The molecule has 0 aliphatic rings. The lowest BCUT2D eigenvalue weighted by molar-refractivity contribution is -0.137. The van der Waals surface area contributed by atoms with Crippen LogP contribution in [0.3, 0.4) is 0 Å². The minimum absolute atomic E-state index is 0.159. The van der Waals surface area contributed by atoms with Crippen LogP contribution in [0.15, 0.2) is 18.3 Å². The molecule has 23 heavy (non-hydrogen) atoms. The summed E-state index contributed by atoms with van der Waals surface area (Å²) < 4.78 is 45.7. The number of aliphatic hydroxyl groups excluding tert-OH is 1. The Morgan fingerprint density at radius 2 is 1.96 bits per heavy atom. The van der Waals surface area contributed by atoms with Crippen molar-refractivity contribution in [3.63, 3.8) is 0 Å². The average Bonchev–Trinajstić information content (AvgIpc) is 2.84. The van der Waals surface area contributed by atoms with Crippen LogP contribution in [0.2, 0.25) is 25.7 Å². The Labute approximate surface area is 133 Å². The molecule has 0 bridgehead atoms. The molecular weight excluding hydrogens is 325 g/mol. The summed E-state index contributed by atoms with van der Waals surface area (Å²) in [6.45, 7) is 6.98. The van der Waals surface area contributed by atoms with Gasteiger partial charge in [-0.15, -0.1) is 14.1 Å². The van der Waals surface area contributed by atoms with Crippen molar-refractivity contribution >= 4 is 19.0 Å². The van der Waals surface area contributed by atoms with Gasteiger partial charge in [0.15, 0.2) is 0 Å². The van der Waals surface area contributed by atoms with E-state index in [1.807, 2.05) is 0 Å². The van der Waals surface area contributed by atoms with Crippen molar-refractivity contribution in [2.24, 2.45) is 0 Å². The van der Waals surface area contributed by atoms with Gasteiger partial charge in [0.25, 0.3) is 0 Å². The van der Waals surface area contributed by atoms with Gasteiger partial charge in [-0.1, -0.05) is 0 Å². The Balaban J connectivity index is 2.22. The van der Waals surface area contributed by atoms with E-state index in [4.69, 9.17) is 4.74 Å². The molecule has 0 unspecified atom stereocenters. The van der Waals surface area contributed by atoms with E-state index in [2.05, 4.69) is 24.7 Å². The highest BCUT2D eigenvalue weighted by Gasteiger charge is 2.31. The summed E-state index contributed by atoms with van der Waals surface area (Å²) in [6, 6.07) is 3.00. The molecule has 0 amide bonds. The number of nitrogens with zero attached hydrogens (tertiary/aromatic N) is 2. The first-order valence-electron chi connectivity index (χ1n) is 7.36. The van der Waals surface area contributed by atoms with E-state index in [0.29, 0.717) is 17.5 Å². The molecule has 4 nitrogen and oxygen atoms in total. The van der Waals surface area contributed by atoms with Crippen LogP contribution in [0.5, 0.6) is 0 Å². The maximum Gasteiger partial charge on any atom is 0.416 e. The van der Waals surface area contributed by atoms with Crippen molar-refractivity contribution in [2.45, 2.75) is 45.2 Å². The van der Waals surface area contributed by atoms with Crippen LogP contribution < -0.4 is 0 Å². The third-order valence-electron chi connectivity index (χ3n) is 3.52. The molecule has 0 spiro atoms. The largest absolute Gasteiger partial charge is 0.416 e. The second-order valence-electron chi connectivity index (χ2n) is 6.72. The topological polar surface area (TPSA) is 47.3 Å². The Morgan fingerprint density at radius 1 is 1.26 bits per heavy atom. The van der Waals surface area contributed by atoms with E-state index in [1.54, 1.807) is 0 Å². The van der Waals surface area contributed by atoms with Gasteiger partial charge in [0, 0.05) is 17.6 Å². The highest BCUT2D eigenvalue weighted by molar-refractivity contribution is 6.76. The van der Waals surface area contributed by atoms with Gasteiger partial charge in [-0.05, 0) is 12.1 Å². The zero-order valence-corrected chi connectivity index (χ0v) is 14.4. The molecular formula is C15H21F3N2O2Si-. The van der Waals surface area contributed by atoms with Crippen molar-refractivity contribution in [2.75, 3.05) is 6.61 Å². The molecule has 0 radical (unpaired) electrons. The monoisotopic (exact) mass is 346 g/mol. The van der Waals surface area contributed by atoms with Gasteiger partial charge in [-0.25, -0.2) is 4.68 Å². The van der Waals surface area contributed by atoms with Gasteiger partial charge in [-0.3, -0.25) is 0 Å². The van der Waals surface area contributed by atoms with Crippen LogP contribution in [0.4, 0.5) is 13.2 Å². The Morgan fingerprint density at radius 3 is 2.52 bits per heavy atom. The summed E-state index contributed by atoms with van der Waals surface area (Å²) in [5, 5.41) is 13.8. The van der Waals surface area contributed by atoms with E-state index in [0.717, 1.165) is 18.2 Å². The SMILES string of the molecule is C[Si-](C)(C)CCOCn1ncc2cc(C(F)(F)F)cc(CO)c21. The maximum atomic E-state index is 12.9. The minimum atomic E-state index is -4.45. The van der Waals surface area contributed by atoms with Crippen LogP contribution in [0.1, 0.15) is 11.1 Å². The van der Waals surface area contributed by atoms with Gasteiger partial charge in [0.2, 0.25) is 0 Å². The van der Waals surface area contributed by atoms with Crippen LogP contribution in [0, 0.1) is 0 Å². The zero-order chi connectivity index (χ0) is 17.3. The van der Waals surface area contributed by atoms with Gasteiger partial charge in [0.1, 0.15) is 6.73 Å². The quantitative estimate of drug-likeness (QED) is 0.638. The molecule has 0 fully saturated rings. The Bertz CT molecular complexity index is 678. The fourth-order valence-electron chi connectivity index (χ4n) is 2.23. The van der Waals surface area contributed by atoms with Crippen LogP contribution in [-0.2, 0) is 24.3 Å². The molecule has 0 atom stereocenters. The number of hydrogen-bond donors (Lipinski definition) is 1. The van der Waals surface area contributed by atoms with Gasteiger partial charge >= 0.3 is 6.18 Å². The zero-order valence-electron chi connectivity index (χ0n) is 13.4. The second kappa shape index (κ2) is 6.62. The smallest absolute Gasteiger partial charge is 0.392 e. The molecule has 0 aliphatic heterocycles. The number of alkyl halides is 3. The van der Waals surface area contributed by atoms with Crippen molar-refractivity contribution in [1.29, 1.82) is 0 Å². The van der Waals surface area contributed by atoms with Crippen LogP contribution in [0.25, 0.3) is 10.9 Å². The molecule has 1 heterocycles. The van der Waals surface area contributed by atoms with Gasteiger partial charge < -0.3 is 9.84 Å². The van der Waals surface area contributed by atoms with E-state index >= 15 is 0 Å². The fourth-order valence-corrected chi connectivity index (χ4v) is 2.99. The standard InChI is InChI=1S/C15H21F3N2O2Si/c1-23(2,3)5-4-22-10-20-14-11(8-19-20)6-13(15(16,17)18)7-12(14)9-21/h6-8,21H,4-5,9-10H2,1-3H3/q-1. The highest BCUT2D eigenvalue weighted by Crippen LogP contribution is 2.33. The molecule has 2 rings (SSSR count). The summed E-state index contributed by atoms with van der Waals surface area (Å²) in [5.41, 5.74) is -0.108. The predicted octanol–water partition coefficient (Wildman–Crippen LogP) is 3.86. The normalized spacial score (nSPS) is 13.0. The lowest BCUT2D eigenvalue weighted by Gasteiger charge is -2.26. The Kier molecular flexibility index (Phi) is 5.17. The number of halogens is 3. The summed E-state index contributed by atoms with van der Waals surface area (Å²) in [5.74, 6) is 0. The van der Waals surface area contributed by atoms with Crippen molar-refractivity contribution in [1.82, 2.24) is 9.78 Å². The van der Waals surface area contributed by atoms with E-state index < -0.39 is 26.4 Å². The third kappa shape index (κ3) is 4.55. The lowest BCUT2D eigenvalue weighted by atomic mass is 10.1. The summed E-state index contributed by atoms with van der Waals surface area (Å²) in [6.07, 6.45) is -3.08. The lowest BCUT2D eigenvalue weighted by Crippen LogP contribution is -2.22. The molecule has 0 saturated heterocycles. The molecule has 1 N–H and O–H groups in total. The fraction of sp³-hybridized carbons (Fsp3) is 0.533. The maximum absolute atomic E-state index is 12.9. The van der Waals surface area contributed by atoms with Gasteiger partial charge in [-0.2, -0.15) is 37.9 Å². The van der Waals surface area contributed by atoms with Crippen molar-refractivity contribution in [3.05, 3.63) is 29.5 Å². The van der Waals surface area contributed by atoms with E-state index in [1.165, 1.54) is 10.9 Å². The number of ether oxygens (including phenoxy) is 1. The van der Waals surface area contributed by atoms with Crippen LogP contribution in [-0.4, -0.2) is 29.6 Å². The number of rotatable bonds is 6.